The molecule has 0 aliphatic rings. The summed E-state index contributed by atoms with van der Waals surface area (Å²) in [7, 11) is 0. The molecule has 0 radical (unpaired) electrons. The molecular weight excluding hydrogens is 532 g/mol. The third kappa shape index (κ3) is 3.87. The molecule has 0 saturated carbocycles. The Morgan fingerprint density at radius 3 is 1.93 bits per heavy atom. The fourth-order valence-corrected chi connectivity index (χ4v) is 6.33. The minimum atomic E-state index is -0.620. The molecule has 1 aromatic heterocycles. The Morgan fingerprint density at radius 2 is 1.14 bits per heavy atom. The number of furan rings is 1. The zero-order valence-corrected chi connectivity index (χ0v) is 23.1. The molecule has 0 aliphatic carbocycles. The average Bonchev–Trinajstić information content (AvgIpc) is 3.60. The summed E-state index contributed by atoms with van der Waals surface area (Å²) < 4.78 is 121. The monoisotopic (exact) mass is 573 g/mol. The summed E-state index contributed by atoms with van der Waals surface area (Å²) in [5.41, 5.74) is 2.92. The van der Waals surface area contributed by atoms with Crippen LogP contribution in [-0.4, -0.2) is 0 Å². The van der Waals surface area contributed by atoms with Gasteiger partial charge in [0.25, 0.3) is 0 Å². The highest BCUT2D eigenvalue weighted by molar-refractivity contribution is 6.20. The highest BCUT2D eigenvalue weighted by Crippen LogP contribution is 2.44. The highest BCUT2D eigenvalue weighted by Gasteiger charge is 2.20. The van der Waals surface area contributed by atoms with E-state index in [1.165, 1.54) is 0 Å². The van der Waals surface area contributed by atoms with Crippen molar-refractivity contribution in [3.05, 3.63) is 169 Å². The summed E-state index contributed by atoms with van der Waals surface area (Å²) in [6, 6.07) is 18.0. The zero-order valence-electron chi connectivity index (χ0n) is 36.1. The van der Waals surface area contributed by atoms with Crippen molar-refractivity contribution in [2.24, 2.45) is 0 Å². The van der Waals surface area contributed by atoms with E-state index in [9.17, 15) is 5.48 Å². The van der Waals surface area contributed by atoms with Crippen LogP contribution in [0.3, 0.4) is 0 Å². The van der Waals surface area contributed by atoms with Gasteiger partial charge in [0.1, 0.15) is 11.2 Å². The van der Waals surface area contributed by atoms with Crippen LogP contribution in [0.15, 0.2) is 162 Å². The van der Waals surface area contributed by atoms with Gasteiger partial charge in [-0.2, -0.15) is 0 Å². The second kappa shape index (κ2) is 9.97. The third-order valence-electron chi connectivity index (χ3n) is 8.25. The lowest BCUT2D eigenvalue weighted by Gasteiger charge is -2.17. The molecule has 1 heteroatoms. The SMILES string of the molecule is [2H]c1c([2H])c([2H])c(Cc2c3c([2H])c([2H])c([2H])c([2H])c3c(-c3cccc4c3oc3cc(-c5cccc6ccccc56)ccc34)c3c([2H])c([2H])c([2H])c([2H])c23)c([2H])c1[2H]. The summed E-state index contributed by atoms with van der Waals surface area (Å²) in [6.07, 6.45) is -0.501. The quantitative estimate of drug-likeness (QED) is 0.191. The van der Waals surface area contributed by atoms with Crippen LogP contribution >= 0.6 is 0 Å². The number of rotatable bonds is 4. The predicted molar refractivity (Wildman–Crippen MR) is 186 cm³/mol. The standard InChI is InChI=1S/C43H28O/c1-2-12-28(13-3-1)26-40-33-17-6-8-19-36(33)42(37-20-9-7-18-34(37)40)39-23-11-22-38-35-25-24-30(27-41(35)44-43(38)39)32-21-10-15-29-14-4-5-16-31(29)32/h1-25,27H,26H2/i1D,2D,3D,6D,7D,8D,9D,12D,13D,17D,18D,19D,20D. The van der Waals surface area contributed by atoms with Crippen molar-refractivity contribution < 1.29 is 22.2 Å². The summed E-state index contributed by atoms with van der Waals surface area (Å²) >= 11 is 0. The van der Waals surface area contributed by atoms with Crippen LogP contribution in [0, 0.1) is 0 Å². The first-order chi connectivity index (χ1) is 27.2. The van der Waals surface area contributed by atoms with Crippen LogP contribution in [-0.2, 0) is 6.42 Å². The van der Waals surface area contributed by atoms with Gasteiger partial charge in [0.2, 0.25) is 0 Å². The van der Waals surface area contributed by atoms with Gasteiger partial charge in [-0.05, 0) is 73.1 Å². The number of hydrogen-bond donors (Lipinski definition) is 0. The van der Waals surface area contributed by atoms with Crippen LogP contribution in [0.25, 0.3) is 76.5 Å². The lowest BCUT2D eigenvalue weighted by Crippen LogP contribution is -1.95. The molecule has 9 rings (SSSR count). The van der Waals surface area contributed by atoms with E-state index in [1.807, 2.05) is 66.7 Å². The predicted octanol–water partition coefficient (Wildman–Crippen LogP) is 12.0. The molecular formula is C43H28O. The van der Waals surface area contributed by atoms with Gasteiger partial charge in [-0.15, -0.1) is 0 Å². The molecule has 0 spiro atoms. The number of para-hydroxylation sites is 1. The van der Waals surface area contributed by atoms with Gasteiger partial charge in [-0.25, -0.2) is 0 Å². The van der Waals surface area contributed by atoms with E-state index in [0.29, 0.717) is 22.1 Å². The van der Waals surface area contributed by atoms with Gasteiger partial charge in [0, 0.05) is 21.9 Å². The number of hydrogen-bond acceptors (Lipinski definition) is 1. The molecule has 0 N–H and O–H groups in total. The second-order valence-corrected chi connectivity index (χ2v) is 10.7. The van der Waals surface area contributed by atoms with Gasteiger partial charge in [0.05, 0.1) is 17.8 Å². The minimum absolute atomic E-state index is 0.0298. The maximum atomic E-state index is 9.30. The first-order valence-corrected chi connectivity index (χ1v) is 14.2. The van der Waals surface area contributed by atoms with Crippen LogP contribution in [0.4, 0.5) is 0 Å². The molecule has 0 unspecified atom stereocenters. The van der Waals surface area contributed by atoms with Crippen molar-refractivity contribution in [2.45, 2.75) is 6.42 Å². The van der Waals surface area contributed by atoms with Crippen LogP contribution in [0.5, 0.6) is 0 Å². The number of benzene rings is 8. The van der Waals surface area contributed by atoms with Crippen molar-refractivity contribution in [3.63, 3.8) is 0 Å². The number of fused-ring (bicyclic) bond motifs is 6. The molecule has 9 aromatic rings. The Hall–Kier alpha value is -5.66. The van der Waals surface area contributed by atoms with E-state index >= 15 is 0 Å². The van der Waals surface area contributed by atoms with Crippen molar-refractivity contribution in [2.75, 3.05) is 0 Å². The van der Waals surface area contributed by atoms with Gasteiger partial charge >= 0.3 is 0 Å². The molecule has 8 aromatic carbocycles. The molecule has 0 atom stereocenters. The summed E-state index contributed by atoms with van der Waals surface area (Å²) in [6.45, 7) is 0. The van der Waals surface area contributed by atoms with Gasteiger partial charge in [-0.3, -0.25) is 0 Å². The first-order valence-electron chi connectivity index (χ1n) is 20.7. The topological polar surface area (TPSA) is 13.1 Å². The Kier molecular flexibility index (Phi) is 3.44. The lowest BCUT2D eigenvalue weighted by atomic mass is 9.86. The molecule has 1 nitrogen and oxygen atoms in total. The highest BCUT2D eigenvalue weighted by atomic mass is 16.3. The van der Waals surface area contributed by atoms with E-state index in [0.717, 1.165) is 27.3 Å². The first kappa shape index (κ1) is 15.2. The summed E-state index contributed by atoms with van der Waals surface area (Å²) in [4.78, 5) is 0. The maximum Gasteiger partial charge on any atom is 0.143 e. The fraction of sp³-hybridized carbons (Fsp3) is 0.0233. The normalized spacial score (nSPS) is 15.9. The van der Waals surface area contributed by atoms with E-state index in [4.69, 9.17) is 16.8 Å². The maximum absolute atomic E-state index is 9.30. The van der Waals surface area contributed by atoms with Crippen LogP contribution < -0.4 is 0 Å². The molecule has 206 valence electrons. The Bertz CT molecular complexity index is 3140. The zero-order chi connectivity index (χ0) is 40.3. The minimum Gasteiger partial charge on any atom is -0.455 e. The van der Waals surface area contributed by atoms with Crippen LogP contribution in [0.2, 0.25) is 0 Å². The lowest BCUT2D eigenvalue weighted by molar-refractivity contribution is 0.670. The van der Waals surface area contributed by atoms with Crippen molar-refractivity contribution >= 4 is 54.3 Å². The molecule has 0 amide bonds. The van der Waals surface area contributed by atoms with E-state index in [-0.39, 0.29) is 38.2 Å². The van der Waals surface area contributed by atoms with Crippen molar-refractivity contribution in [1.82, 2.24) is 0 Å². The molecule has 0 bridgehead atoms. The molecule has 0 aliphatic heterocycles. The summed E-state index contributed by atoms with van der Waals surface area (Å²) in [5.74, 6) is 0. The average molecular weight is 574 g/mol. The largest absolute Gasteiger partial charge is 0.455 e. The van der Waals surface area contributed by atoms with Crippen molar-refractivity contribution in [1.29, 1.82) is 0 Å². The van der Waals surface area contributed by atoms with E-state index < -0.39 is 85.0 Å². The fourth-order valence-electron chi connectivity index (χ4n) is 6.33. The molecule has 1 heterocycles. The van der Waals surface area contributed by atoms with Gasteiger partial charge in [0.15, 0.2) is 0 Å². The Labute approximate surface area is 273 Å². The smallest absolute Gasteiger partial charge is 0.143 e. The third-order valence-corrected chi connectivity index (χ3v) is 8.25. The summed E-state index contributed by atoms with van der Waals surface area (Å²) in [5, 5.41) is 3.21. The Morgan fingerprint density at radius 1 is 0.500 bits per heavy atom. The molecule has 0 saturated heterocycles. The Balaban J connectivity index is 1.43. The van der Waals surface area contributed by atoms with E-state index in [2.05, 4.69) is 0 Å². The van der Waals surface area contributed by atoms with Gasteiger partial charge in [-0.1, -0.05) is 145 Å². The van der Waals surface area contributed by atoms with Crippen molar-refractivity contribution in [3.8, 4) is 22.3 Å². The van der Waals surface area contributed by atoms with Gasteiger partial charge < -0.3 is 4.42 Å². The molecule has 44 heavy (non-hydrogen) atoms. The van der Waals surface area contributed by atoms with E-state index in [1.54, 1.807) is 12.1 Å². The van der Waals surface area contributed by atoms with Crippen LogP contribution in [0.1, 0.15) is 28.9 Å². The second-order valence-electron chi connectivity index (χ2n) is 10.7. The molecule has 0 fully saturated rings.